The number of nitrogen functional groups attached to an aromatic ring is 1. The number of nitrogens with one attached hydrogen (secondary N) is 1. The number of hydrogen-bond acceptors (Lipinski definition) is 3. The summed E-state index contributed by atoms with van der Waals surface area (Å²) in [5, 5.41) is 3.46. The van der Waals surface area contributed by atoms with Crippen molar-refractivity contribution < 1.29 is 0 Å². The molecule has 0 spiro atoms. The number of benzene rings is 1. The molecule has 0 bridgehead atoms. The van der Waals surface area contributed by atoms with E-state index < -0.39 is 0 Å². The second kappa shape index (κ2) is 5.55. The van der Waals surface area contributed by atoms with Crippen LogP contribution in [0.25, 0.3) is 0 Å². The molecule has 0 aliphatic rings. The zero-order chi connectivity index (χ0) is 11.4. The summed E-state index contributed by atoms with van der Waals surface area (Å²) >= 11 is 2.30. The monoisotopic (exact) mass is 319 g/mol. The molecule has 1 aromatic rings. The van der Waals surface area contributed by atoms with E-state index >= 15 is 0 Å². The van der Waals surface area contributed by atoms with E-state index in [1.807, 2.05) is 18.2 Å². The van der Waals surface area contributed by atoms with E-state index in [2.05, 4.69) is 53.8 Å². The summed E-state index contributed by atoms with van der Waals surface area (Å²) in [6.45, 7) is 3.19. The van der Waals surface area contributed by atoms with Crippen LogP contribution >= 0.6 is 22.6 Å². The van der Waals surface area contributed by atoms with Gasteiger partial charge < -0.3 is 16.0 Å². The van der Waals surface area contributed by atoms with Crippen molar-refractivity contribution >= 4 is 34.0 Å². The van der Waals surface area contributed by atoms with Crippen LogP contribution in [0.5, 0.6) is 0 Å². The van der Waals surface area contributed by atoms with E-state index in [4.69, 9.17) is 5.73 Å². The van der Waals surface area contributed by atoms with Gasteiger partial charge in [0.05, 0.1) is 0 Å². The van der Waals surface area contributed by atoms with Gasteiger partial charge in [-0.25, -0.2) is 0 Å². The SMILES string of the molecule is CC(CN(C)C)Nc1ccc(N)cc1I. The molecular weight excluding hydrogens is 301 g/mol. The standard InChI is InChI=1S/C11H18IN3/c1-8(7-15(2)3)14-11-5-4-9(13)6-10(11)12/h4-6,8,14H,7,13H2,1-3H3. The Labute approximate surface area is 105 Å². The fourth-order valence-electron chi connectivity index (χ4n) is 1.51. The number of nitrogens with two attached hydrogens (primary N) is 1. The molecule has 0 amide bonds. The summed E-state index contributed by atoms with van der Waals surface area (Å²) in [4.78, 5) is 2.17. The lowest BCUT2D eigenvalue weighted by Crippen LogP contribution is -2.29. The molecule has 0 fully saturated rings. The third-order valence-corrected chi connectivity index (χ3v) is 2.93. The summed E-state index contributed by atoms with van der Waals surface area (Å²) in [6, 6.07) is 6.36. The van der Waals surface area contributed by atoms with Gasteiger partial charge in [0.2, 0.25) is 0 Å². The van der Waals surface area contributed by atoms with E-state index in [1.165, 1.54) is 3.57 Å². The number of halogens is 1. The smallest absolute Gasteiger partial charge is 0.0479 e. The van der Waals surface area contributed by atoms with Gasteiger partial charge in [0.1, 0.15) is 0 Å². The molecule has 0 saturated carbocycles. The molecule has 84 valence electrons. The summed E-state index contributed by atoms with van der Waals surface area (Å²) in [6.07, 6.45) is 0. The Hall–Kier alpha value is -0.490. The Morgan fingerprint density at radius 3 is 2.67 bits per heavy atom. The molecule has 3 N–H and O–H groups in total. The molecule has 0 aliphatic carbocycles. The molecule has 4 heteroatoms. The number of anilines is 2. The maximum Gasteiger partial charge on any atom is 0.0479 e. The first-order valence-electron chi connectivity index (χ1n) is 4.95. The van der Waals surface area contributed by atoms with Gasteiger partial charge in [-0.2, -0.15) is 0 Å². The third-order valence-electron chi connectivity index (χ3n) is 2.03. The number of rotatable bonds is 4. The highest BCUT2D eigenvalue weighted by atomic mass is 127. The summed E-state index contributed by atoms with van der Waals surface area (Å²) in [5.41, 5.74) is 7.66. The van der Waals surface area contributed by atoms with Crippen LogP contribution in [-0.4, -0.2) is 31.6 Å². The van der Waals surface area contributed by atoms with Gasteiger partial charge in [-0.3, -0.25) is 0 Å². The van der Waals surface area contributed by atoms with Crippen molar-refractivity contribution in [2.75, 3.05) is 31.7 Å². The first-order valence-corrected chi connectivity index (χ1v) is 6.03. The van der Waals surface area contributed by atoms with Gasteiger partial charge in [0, 0.05) is 27.5 Å². The summed E-state index contributed by atoms with van der Waals surface area (Å²) in [5.74, 6) is 0. The van der Waals surface area contributed by atoms with Crippen LogP contribution in [0.2, 0.25) is 0 Å². The molecule has 1 atom stereocenters. The molecule has 1 rings (SSSR count). The molecule has 0 aliphatic heterocycles. The van der Waals surface area contributed by atoms with Gasteiger partial charge in [0.25, 0.3) is 0 Å². The maximum atomic E-state index is 5.70. The van der Waals surface area contributed by atoms with Crippen LogP contribution in [0.3, 0.4) is 0 Å². The van der Waals surface area contributed by atoms with Gasteiger partial charge in [-0.05, 0) is 61.8 Å². The first kappa shape index (κ1) is 12.6. The molecular formula is C11H18IN3. The minimum absolute atomic E-state index is 0.428. The zero-order valence-electron chi connectivity index (χ0n) is 9.42. The Morgan fingerprint density at radius 1 is 1.47 bits per heavy atom. The second-order valence-electron chi connectivity index (χ2n) is 4.05. The molecule has 0 heterocycles. The quantitative estimate of drug-likeness (QED) is 0.661. The largest absolute Gasteiger partial charge is 0.399 e. The fourth-order valence-corrected chi connectivity index (χ4v) is 2.20. The average Bonchev–Trinajstić information content (AvgIpc) is 2.08. The predicted molar refractivity (Wildman–Crippen MR) is 75.2 cm³/mol. The lowest BCUT2D eigenvalue weighted by atomic mass is 10.2. The molecule has 3 nitrogen and oxygen atoms in total. The highest BCUT2D eigenvalue weighted by Crippen LogP contribution is 2.21. The van der Waals surface area contributed by atoms with Crippen LogP contribution in [0.1, 0.15) is 6.92 Å². The highest BCUT2D eigenvalue weighted by molar-refractivity contribution is 14.1. The lowest BCUT2D eigenvalue weighted by Gasteiger charge is -2.20. The van der Waals surface area contributed by atoms with E-state index in [1.54, 1.807) is 0 Å². The van der Waals surface area contributed by atoms with Crippen molar-refractivity contribution in [2.45, 2.75) is 13.0 Å². The predicted octanol–water partition coefficient (Wildman–Crippen LogP) is 2.24. The van der Waals surface area contributed by atoms with Gasteiger partial charge in [-0.15, -0.1) is 0 Å². The van der Waals surface area contributed by atoms with E-state index in [9.17, 15) is 0 Å². The molecule has 0 aromatic heterocycles. The van der Waals surface area contributed by atoms with Gasteiger partial charge in [0.15, 0.2) is 0 Å². The van der Waals surface area contributed by atoms with Crippen LogP contribution in [0.15, 0.2) is 18.2 Å². The second-order valence-corrected chi connectivity index (χ2v) is 5.21. The van der Waals surface area contributed by atoms with Crippen molar-refractivity contribution in [2.24, 2.45) is 0 Å². The van der Waals surface area contributed by atoms with Crippen LogP contribution in [-0.2, 0) is 0 Å². The molecule has 1 aromatic carbocycles. The Kier molecular flexibility index (Phi) is 4.66. The summed E-state index contributed by atoms with van der Waals surface area (Å²) < 4.78 is 1.17. The molecule has 0 saturated heterocycles. The van der Waals surface area contributed by atoms with E-state index in [0.717, 1.165) is 17.9 Å². The van der Waals surface area contributed by atoms with Crippen LogP contribution in [0, 0.1) is 3.57 Å². The maximum absolute atomic E-state index is 5.70. The Balaban J connectivity index is 2.64. The number of nitrogens with zero attached hydrogens (tertiary/aromatic N) is 1. The van der Waals surface area contributed by atoms with Crippen molar-refractivity contribution in [3.8, 4) is 0 Å². The van der Waals surface area contributed by atoms with E-state index in [0.29, 0.717) is 6.04 Å². The number of hydrogen-bond donors (Lipinski definition) is 2. The zero-order valence-corrected chi connectivity index (χ0v) is 11.6. The topological polar surface area (TPSA) is 41.3 Å². The Bertz CT molecular complexity index is 326. The number of likely N-dealkylation sites (N-methyl/N-ethyl adjacent to an activating group) is 1. The normalized spacial score (nSPS) is 12.9. The van der Waals surface area contributed by atoms with Crippen molar-refractivity contribution in [3.63, 3.8) is 0 Å². The molecule has 1 unspecified atom stereocenters. The molecule has 15 heavy (non-hydrogen) atoms. The lowest BCUT2D eigenvalue weighted by molar-refractivity contribution is 0.392. The fraction of sp³-hybridized carbons (Fsp3) is 0.455. The van der Waals surface area contributed by atoms with Crippen molar-refractivity contribution in [1.29, 1.82) is 0 Å². The van der Waals surface area contributed by atoms with Gasteiger partial charge in [-0.1, -0.05) is 0 Å². The van der Waals surface area contributed by atoms with Crippen LogP contribution in [0.4, 0.5) is 11.4 Å². The Morgan fingerprint density at radius 2 is 2.13 bits per heavy atom. The minimum atomic E-state index is 0.428. The van der Waals surface area contributed by atoms with Crippen molar-refractivity contribution in [1.82, 2.24) is 4.90 Å². The van der Waals surface area contributed by atoms with Crippen molar-refractivity contribution in [3.05, 3.63) is 21.8 Å². The molecule has 0 radical (unpaired) electrons. The third kappa shape index (κ3) is 4.25. The average molecular weight is 319 g/mol. The minimum Gasteiger partial charge on any atom is -0.399 e. The van der Waals surface area contributed by atoms with E-state index in [-0.39, 0.29) is 0 Å². The van der Waals surface area contributed by atoms with Gasteiger partial charge >= 0.3 is 0 Å². The first-order chi connectivity index (χ1) is 6.99. The summed E-state index contributed by atoms with van der Waals surface area (Å²) in [7, 11) is 4.15. The highest BCUT2D eigenvalue weighted by Gasteiger charge is 2.05. The van der Waals surface area contributed by atoms with Crippen LogP contribution < -0.4 is 11.1 Å².